The summed E-state index contributed by atoms with van der Waals surface area (Å²) in [5, 5.41) is 10.5. The zero-order valence-electron chi connectivity index (χ0n) is 13.0. The van der Waals surface area contributed by atoms with E-state index in [4.69, 9.17) is 9.47 Å². The van der Waals surface area contributed by atoms with Crippen molar-refractivity contribution in [3.05, 3.63) is 10.1 Å². The molecule has 1 saturated heterocycles. The fourth-order valence-corrected chi connectivity index (χ4v) is 3.16. The summed E-state index contributed by atoms with van der Waals surface area (Å²) >= 11 is 0. The van der Waals surface area contributed by atoms with Gasteiger partial charge in [-0.2, -0.15) is 0 Å². The van der Waals surface area contributed by atoms with Gasteiger partial charge in [0.25, 0.3) is 0 Å². The Morgan fingerprint density at radius 3 is 2.86 bits per heavy atom. The van der Waals surface area contributed by atoms with E-state index in [1.54, 1.807) is 0 Å². The van der Waals surface area contributed by atoms with Crippen molar-refractivity contribution < 1.29 is 19.2 Å². The van der Waals surface area contributed by atoms with Crippen molar-refractivity contribution in [1.29, 1.82) is 0 Å². The quantitative estimate of drug-likeness (QED) is 0.312. The standard InChI is InChI=1S/C15H25NO5/c1-10(12-4-6-15(3)13(9-12)21-15)5-7-20-14(17)8-11(2)16(18)19/h10-13H,4-9H2,1-3H3. The third-order valence-corrected chi connectivity index (χ3v) is 5.03. The SMILES string of the molecule is CC(CCOC(=O)CC(C)[N+](=O)[O-])C1CCC2(C)OC2C1. The molecule has 5 unspecified atom stereocenters. The molecule has 1 heterocycles. The van der Waals surface area contributed by atoms with E-state index >= 15 is 0 Å². The van der Waals surface area contributed by atoms with Gasteiger partial charge in [0, 0.05) is 11.8 Å². The second kappa shape index (κ2) is 6.30. The van der Waals surface area contributed by atoms with Gasteiger partial charge in [0.2, 0.25) is 6.04 Å². The van der Waals surface area contributed by atoms with Crippen LogP contribution in [0.5, 0.6) is 0 Å². The van der Waals surface area contributed by atoms with Gasteiger partial charge in [-0.15, -0.1) is 0 Å². The van der Waals surface area contributed by atoms with E-state index < -0.39 is 16.9 Å². The summed E-state index contributed by atoms with van der Waals surface area (Å²) in [4.78, 5) is 21.5. The van der Waals surface area contributed by atoms with E-state index in [0.717, 1.165) is 19.3 Å². The summed E-state index contributed by atoms with van der Waals surface area (Å²) in [6.45, 7) is 6.13. The number of nitro groups is 1. The normalized spacial score (nSPS) is 33.7. The summed E-state index contributed by atoms with van der Waals surface area (Å²) in [5.74, 6) is 0.634. The van der Waals surface area contributed by atoms with Crippen molar-refractivity contribution in [2.24, 2.45) is 11.8 Å². The number of epoxide rings is 1. The van der Waals surface area contributed by atoms with Crippen molar-refractivity contribution in [2.45, 2.75) is 70.6 Å². The summed E-state index contributed by atoms with van der Waals surface area (Å²) in [7, 11) is 0. The first-order valence-corrected chi connectivity index (χ1v) is 7.79. The number of carbonyl (C=O) groups excluding carboxylic acids is 1. The molecule has 21 heavy (non-hydrogen) atoms. The van der Waals surface area contributed by atoms with Crippen LogP contribution in [0.2, 0.25) is 0 Å². The van der Waals surface area contributed by atoms with Crippen molar-refractivity contribution >= 4 is 5.97 Å². The number of fused-ring (bicyclic) bond motifs is 1. The number of esters is 1. The Hall–Kier alpha value is -1.17. The van der Waals surface area contributed by atoms with Crippen LogP contribution in [0, 0.1) is 22.0 Å². The van der Waals surface area contributed by atoms with Crippen LogP contribution in [0.25, 0.3) is 0 Å². The van der Waals surface area contributed by atoms with Crippen LogP contribution in [-0.4, -0.2) is 35.2 Å². The maximum Gasteiger partial charge on any atom is 0.312 e. The summed E-state index contributed by atoms with van der Waals surface area (Å²) in [6.07, 6.45) is 4.46. The van der Waals surface area contributed by atoms with Crippen LogP contribution in [0.15, 0.2) is 0 Å². The summed E-state index contributed by atoms with van der Waals surface area (Å²) in [5.41, 5.74) is 0.140. The van der Waals surface area contributed by atoms with Gasteiger partial charge < -0.3 is 9.47 Å². The van der Waals surface area contributed by atoms with E-state index in [9.17, 15) is 14.9 Å². The van der Waals surface area contributed by atoms with Gasteiger partial charge in [0.1, 0.15) is 6.42 Å². The molecule has 2 rings (SSSR count). The van der Waals surface area contributed by atoms with Crippen LogP contribution < -0.4 is 0 Å². The monoisotopic (exact) mass is 299 g/mol. The van der Waals surface area contributed by atoms with Crippen molar-refractivity contribution in [2.75, 3.05) is 6.61 Å². The van der Waals surface area contributed by atoms with E-state index in [0.29, 0.717) is 24.5 Å². The molecule has 0 N–H and O–H groups in total. The van der Waals surface area contributed by atoms with Gasteiger partial charge in [-0.3, -0.25) is 14.9 Å². The molecule has 0 spiro atoms. The molecule has 2 fully saturated rings. The van der Waals surface area contributed by atoms with E-state index in [1.165, 1.54) is 13.3 Å². The molecule has 120 valence electrons. The topological polar surface area (TPSA) is 82.0 Å². The molecule has 0 amide bonds. The van der Waals surface area contributed by atoms with Gasteiger partial charge in [0.05, 0.1) is 18.3 Å². The minimum atomic E-state index is -0.877. The van der Waals surface area contributed by atoms with Crippen LogP contribution >= 0.6 is 0 Å². The first-order valence-electron chi connectivity index (χ1n) is 7.79. The number of carbonyl (C=O) groups is 1. The number of rotatable bonds is 7. The maximum atomic E-state index is 11.5. The molecule has 6 heteroatoms. The van der Waals surface area contributed by atoms with E-state index in [1.807, 2.05) is 0 Å². The number of hydrogen-bond donors (Lipinski definition) is 0. The highest BCUT2D eigenvalue weighted by atomic mass is 16.6. The lowest BCUT2D eigenvalue weighted by atomic mass is 9.76. The van der Waals surface area contributed by atoms with Crippen molar-refractivity contribution in [1.82, 2.24) is 0 Å². The molecular formula is C15H25NO5. The molecule has 0 aromatic heterocycles. The highest BCUT2D eigenvalue weighted by Crippen LogP contribution is 2.50. The average Bonchev–Trinajstić information content (AvgIpc) is 3.08. The highest BCUT2D eigenvalue weighted by molar-refractivity contribution is 5.69. The maximum absolute atomic E-state index is 11.5. The smallest absolute Gasteiger partial charge is 0.312 e. The lowest BCUT2D eigenvalue weighted by Crippen LogP contribution is -2.26. The highest BCUT2D eigenvalue weighted by Gasteiger charge is 2.55. The van der Waals surface area contributed by atoms with Crippen molar-refractivity contribution in [3.8, 4) is 0 Å². The first-order chi connectivity index (χ1) is 9.82. The largest absolute Gasteiger partial charge is 0.465 e. The molecular weight excluding hydrogens is 274 g/mol. The Bertz CT molecular complexity index is 413. The third kappa shape index (κ3) is 4.15. The molecule has 0 radical (unpaired) electrons. The minimum Gasteiger partial charge on any atom is -0.465 e. The molecule has 1 aliphatic carbocycles. The second-order valence-electron chi connectivity index (χ2n) is 6.78. The predicted molar refractivity (Wildman–Crippen MR) is 76.4 cm³/mol. The molecule has 1 aliphatic heterocycles. The van der Waals surface area contributed by atoms with Gasteiger partial charge in [-0.25, -0.2) is 0 Å². The van der Waals surface area contributed by atoms with E-state index in [2.05, 4.69) is 13.8 Å². The fourth-order valence-electron chi connectivity index (χ4n) is 3.16. The Balaban J connectivity index is 1.62. The Morgan fingerprint density at radius 1 is 1.52 bits per heavy atom. The van der Waals surface area contributed by atoms with Gasteiger partial charge in [-0.1, -0.05) is 6.92 Å². The molecule has 0 aromatic rings. The Labute approximate surface area is 125 Å². The molecule has 5 atom stereocenters. The first kappa shape index (κ1) is 16.2. The number of hydrogen-bond acceptors (Lipinski definition) is 5. The average molecular weight is 299 g/mol. The second-order valence-corrected chi connectivity index (χ2v) is 6.78. The van der Waals surface area contributed by atoms with Crippen LogP contribution in [-0.2, 0) is 14.3 Å². The predicted octanol–water partition coefficient (Wildman–Crippen LogP) is 2.57. The van der Waals surface area contributed by atoms with Crippen LogP contribution in [0.1, 0.15) is 52.9 Å². The number of ether oxygens (including phenoxy) is 2. The van der Waals surface area contributed by atoms with E-state index in [-0.39, 0.29) is 12.0 Å². The lowest BCUT2D eigenvalue weighted by molar-refractivity contribution is -0.517. The fraction of sp³-hybridized carbons (Fsp3) is 0.933. The molecule has 0 bridgehead atoms. The van der Waals surface area contributed by atoms with Gasteiger partial charge in [0.15, 0.2) is 0 Å². The zero-order chi connectivity index (χ0) is 15.6. The molecule has 1 saturated carbocycles. The molecule has 0 aromatic carbocycles. The van der Waals surface area contributed by atoms with Gasteiger partial charge >= 0.3 is 5.97 Å². The van der Waals surface area contributed by atoms with Crippen LogP contribution in [0.3, 0.4) is 0 Å². The number of nitrogens with zero attached hydrogens (tertiary/aromatic N) is 1. The van der Waals surface area contributed by atoms with Crippen molar-refractivity contribution in [3.63, 3.8) is 0 Å². The Kier molecular flexibility index (Phi) is 4.86. The minimum absolute atomic E-state index is 0.140. The molecule has 2 aliphatic rings. The lowest BCUT2D eigenvalue weighted by Gasteiger charge is -2.27. The molecule has 6 nitrogen and oxygen atoms in total. The third-order valence-electron chi connectivity index (χ3n) is 5.03. The zero-order valence-corrected chi connectivity index (χ0v) is 13.0. The van der Waals surface area contributed by atoms with Gasteiger partial charge in [-0.05, 0) is 44.4 Å². The Morgan fingerprint density at radius 2 is 2.24 bits per heavy atom. The summed E-state index contributed by atoms with van der Waals surface area (Å²) < 4.78 is 10.8. The van der Waals surface area contributed by atoms with Crippen LogP contribution in [0.4, 0.5) is 0 Å². The summed E-state index contributed by atoms with van der Waals surface area (Å²) in [6, 6.07) is -0.877.